The third-order valence-corrected chi connectivity index (χ3v) is 11.2. The number of amidine groups is 1. The Morgan fingerprint density at radius 3 is 2.79 bits per heavy atom. The number of carboxylic acids is 1. The number of ether oxygens (including phenoxy) is 1. The average Bonchev–Trinajstić information content (AvgIpc) is 3.87. The Balaban J connectivity index is 1.04. The SMILES string of the molecule is CO/N=C(\C(=O)N[C@@H]1C(=O)N2C(C(=O)O)=C(C[n+]3ccc4n(Cc5c(F)cc(C(=N)NOC6CCOCC6)cc5Cl)ccn43)CS[C@H]12)c1csc(N)n1. The normalized spacial score (nSPS) is 19.3. The molecular formula is C32H33ClFN10O7S2+. The van der Waals surface area contributed by atoms with Crippen molar-refractivity contribution in [2.24, 2.45) is 5.16 Å². The number of rotatable bonds is 12. The van der Waals surface area contributed by atoms with Crippen LogP contribution in [0.25, 0.3) is 5.65 Å². The third kappa shape index (κ3) is 7.19. The zero-order valence-electron chi connectivity index (χ0n) is 28.0. The molecular weight excluding hydrogens is 755 g/mol. The number of carboxylic acid groups (broad SMARTS) is 1. The van der Waals surface area contributed by atoms with Crippen LogP contribution in [0.5, 0.6) is 0 Å². The number of hydrogen-bond donors (Lipinski definition) is 5. The fourth-order valence-electron chi connectivity index (χ4n) is 6.27. The first kappa shape index (κ1) is 36.3. The summed E-state index contributed by atoms with van der Waals surface area (Å²) >= 11 is 8.96. The molecule has 0 saturated carbocycles. The van der Waals surface area contributed by atoms with E-state index in [0.717, 1.165) is 11.3 Å². The highest BCUT2D eigenvalue weighted by atomic mass is 35.5. The van der Waals surface area contributed by atoms with Crippen LogP contribution in [0.3, 0.4) is 0 Å². The first-order valence-electron chi connectivity index (χ1n) is 16.2. The molecule has 0 radical (unpaired) electrons. The number of aromatic nitrogens is 4. The Morgan fingerprint density at radius 1 is 1.30 bits per heavy atom. The van der Waals surface area contributed by atoms with E-state index in [4.69, 9.17) is 37.2 Å². The second-order valence-electron chi connectivity index (χ2n) is 12.2. The van der Waals surface area contributed by atoms with Gasteiger partial charge in [0.2, 0.25) is 0 Å². The molecule has 1 aromatic carbocycles. The molecule has 17 nitrogen and oxygen atoms in total. The van der Waals surface area contributed by atoms with E-state index >= 15 is 4.39 Å². The maximum Gasteiger partial charge on any atom is 0.352 e. The Morgan fingerprint density at radius 2 is 2.09 bits per heavy atom. The minimum Gasteiger partial charge on any atom is -0.477 e. The molecule has 2 saturated heterocycles. The Kier molecular flexibility index (Phi) is 10.4. The summed E-state index contributed by atoms with van der Waals surface area (Å²) in [5, 5.41) is 26.1. The van der Waals surface area contributed by atoms with Gasteiger partial charge in [0.1, 0.15) is 41.6 Å². The molecule has 2 atom stereocenters. The van der Waals surface area contributed by atoms with E-state index in [2.05, 4.69) is 20.9 Å². The number of amides is 2. The van der Waals surface area contributed by atoms with Crippen LogP contribution in [0.2, 0.25) is 5.02 Å². The highest BCUT2D eigenvalue weighted by molar-refractivity contribution is 8.00. The first-order valence-corrected chi connectivity index (χ1v) is 18.5. The highest BCUT2D eigenvalue weighted by Gasteiger charge is 2.55. The van der Waals surface area contributed by atoms with Crippen LogP contribution in [-0.4, -0.2) is 97.0 Å². The van der Waals surface area contributed by atoms with E-state index in [1.165, 1.54) is 41.3 Å². The summed E-state index contributed by atoms with van der Waals surface area (Å²) in [7, 11) is 1.26. The summed E-state index contributed by atoms with van der Waals surface area (Å²) in [5.41, 5.74) is 9.74. The molecule has 0 bridgehead atoms. The van der Waals surface area contributed by atoms with Gasteiger partial charge in [-0.05, 0) is 25.0 Å². The van der Waals surface area contributed by atoms with Gasteiger partial charge in [-0.3, -0.25) is 24.7 Å². The molecule has 3 aromatic heterocycles. The van der Waals surface area contributed by atoms with Crippen LogP contribution in [0.15, 0.2) is 58.6 Å². The lowest BCUT2D eigenvalue weighted by atomic mass is 10.0. The van der Waals surface area contributed by atoms with Crippen molar-refractivity contribution in [2.45, 2.75) is 43.5 Å². The topological polar surface area (TPSA) is 215 Å². The zero-order chi connectivity index (χ0) is 37.4. The first-order chi connectivity index (χ1) is 25.5. The number of aliphatic carboxylic acids is 1. The minimum atomic E-state index is -1.28. The number of nitrogens with one attached hydrogen (secondary N) is 3. The lowest BCUT2D eigenvalue weighted by Crippen LogP contribution is -2.71. The van der Waals surface area contributed by atoms with Gasteiger partial charge in [0.05, 0.1) is 24.9 Å². The molecule has 6 N–H and O–H groups in total. The number of fused-ring (bicyclic) bond motifs is 2. The molecule has 3 aliphatic rings. The number of imidazole rings is 1. The number of halogens is 2. The average molecular weight is 788 g/mol. The largest absolute Gasteiger partial charge is 0.477 e. The molecule has 0 unspecified atom stereocenters. The van der Waals surface area contributed by atoms with Crippen LogP contribution in [-0.2, 0) is 41.9 Å². The van der Waals surface area contributed by atoms with Gasteiger partial charge in [-0.2, -0.15) is 0 Å². The van der Waals surface area contributed by atoms with Gasteiger partial charge in [0.25, 0.3) is 11.8 Å². The van der Waals surface area contributed by atoms with E-state index in [1.807, 2.05) is 0 Å². The number of carbonyl (C=O) groups is 3. The Bertz CT molecular complexity index is 2160. The summed E-state index contributed by atoms with van der Waals surface area (Å²) in [5.74, 6) is -3.03. The monoisotopic (exact) mass is 787 g/mol. The van der Waals surface area contributed by atoms with E-state index in [9.17, 15) is 19.5 Å². The Hall–Kier alpha value is -5.02. The van der Waals surface area contributed by atoms with Crippen molar-refractivity contribution in [3.05, 3.63) is 81.1 Å². The van der Waals surface area contributed by atoms with Crippen molar-refractivity contribution in [3.63, 3.8) is 0 Å². The van der Waals surface area contributed by atoms with Crippen molar-refractivity contribution >= 4 is 74.8 Å². The number of thioether (sulfide) groups is 1. The van der Waals surface area contributed by atoms with Gasteiger partial charge in [0, 0.05) is 52.3 Å². The number of oxime groups is 1. The molecule has 278 valence electrons. The van der Waals surface area contributed by atoms with Crippen LogP contribution in [0.4, 0.5) is 9.52 Å². The zero-order valence-corrected chi connectivity index (χ0v) is 30.3. The van der Waals surface area contributed by atoms with Crippen molar-refractivity contribution < 1.29 is 43.0 Å². The number of hydroxylamine groups is 1. The maximum absolute atomic E-state index is 15.4. The molecule has 2 amide bonds. The highest BCUT2D eigenvalue weighted by Crippen LogP contribution is 2.40. The van der Waals surface area contributed by atoms with Crippen LogP contribution in [0, 0.1) is 11.2 Å². The van der Waals surface area contributed by atoms with Crippen molar-refractivity contribution in [3.8, 4) is 0 Å². The second kappa shape index (κ2) is 15.1. The molecule has 4 aromatic rings. The van der Waals surface area contributed by atoms with Crippen molar-refractivity contribution in [2.75, 3.05) is 31.8 Å². The number of thiazole rings is 1. The number of benzene rings is 1. The smallest absolute Gasteiger partial charge is 0.352 e. The standard InChI is InChI=1S/C32H32ClFN10O7S2/c1-49-39-24(22-15-53-32(36)37-22)28(45)38-25-29(46)44-26(31(47)48)17(14-52-30(25)44)12-42-5-2-23-41(6-7-43(23)42)13-19-20(33)10-16(11-21(19)34)27(35)40-51-18-3-8-50-9-4-18/h2,5-7,10-11,15,18,25,30H,3-4,8-9,12-14H2,1H3,(H5-,35,36,37,38,40,45,47,48)/p+1/b39-24-/t25-,30-/m1/s1. The van der Waals surface area contributed by atoms with Gasteiger partial charge >= 0.3 is 5.97 Å². The van der Waals surface area contributed by atoms with E-state index in [-0.39, 0.29) is 69.2 Å². The fraction of sp³-hybridized carbons (Fsp3) is 0.344. The summed E-state index contributed by atoms with van der Waals surface area (Å²) in [6.45, 7) is 1.36. The van der Waals surface area contributed by atoms with Gasteiger partial charge in [0.15, 0.2) is 29.2 Å². The maximum atomic E-state index is 15.4. The minimum absolute atomic E-state index is 0.0768. The molecule has 6 heterocycles. The molecule has 0 spiro atoms. The lowest BCUT2D eigenvalue weighted by molar-refractivity contribution is -0.753. The molecule has 3 aliphatic heterocycles. The van der Waals surface area contributed by atoms with E-state index in [1.54, 1.807) is 38.4 Å². The van der Waals surface area contributed by atoms with Gasteiger partial charge in [-0.25, -0.2) is 19.6 Å². The quantitative estimate of drug-likeness (QED) is 0.0458. The van der Waals surface area contributed by atoms with Gasteiger partial charge in [-0.1, -0.05) is 16.8 Å². The van der Waals surface area contributed by atoms with Crippen molar-refractivity contribution in [1.29, 1.82) is 5.41 Å². The summed E-state index contributed by atoms with van der Waals surface area (Å²) in [6, 6.07) is 3.53. The number of nitrogens with zero attached hydrogens (tertiary/aromatic N) is 6. The molecule has 53 heavy (non-hydrogen) atoms. The number of β-lactam (4-membered cyclic amide) rings is 1. The van der Waals surface area contributed by atoms with Crippen molar-refractivity contribution in [1.82, 2.24) is 29.8 Å². The van der Waals surface area contributed by atoms with Crippen LogP contribution >= 0.6 is 34.7 Å². The van der Waals surface area contributed by atoms with Gasteiger partial charge in [-0.15, -0.1) is 32.3 Å². The second-order valence-corrected chi connectivity index (χ2v) is 14.6. The molecule has 0 aliphatic carbocycles. The fourth-order valence-corrected chi connectivity index (χ4v) is 8.42. The number of nitrogen functional groups attached to an aromatic ring is 1. The predicted molar refractivity (Wildman–Crippen MR) is 191 cm³/mol. The van der Waals surface area contributed by atoms with Crippen LogP contribution in [0.1, 0.15) is 29.7 Å². The number of nitrogens with two attached hydrogens (primary N) is 1. The third-order valence-electron chi connectivity index (χ3n) is 8.89. The van der Waals surface area contributed by atoms with E-state index in [0.29, 0.717) is 37.3 Å². The summed E-state index contributed by atoms with van der Waals surface area (Å²) < 4.78 is 26.1. The summed E-state index contributed by atoms with van der Waals surface area (Å²) in [6.07, 6.45) is 6.52. The summed E-state index contributed by atoms with van der Waals surface area (Å²) in [4.78, 5) is 54.6. The van der Waals surface area contributed by atoms with Gasteiger partial charge < -0.3 is 30.3 Å². The Labute approximate surface area is 313 Å². The van der Waals surface area contributed by atoms with E-state index < -0.39 is 35.0 Å². The number of carbonyl (C=O) groups excluding carboxylic acids is 2. The predicted octanol–water partition coefficient (Wildman–Crippen LogP) is 1.72. The molecule has 7 rings (SSSR count). The van der Waals surface area contributed by atoms with Crippen LogP contribution < -0.4 is 21.2 Å². The number of hydrogen-bond acceptors (Lipinski definition) is 12. The number of anilines is 1. The lowest BCUT2D eigenvalue weighted by Gasteiger charge is -2.49. The molecule has 2 fully saturated rings. The molecule has 21 heteroatoms.